The molecule has 104 valence electrons. The Bertz CT molecular complexity index is 811. The van der Waals surface area contributed by atoms with Gasteiger partial charge in [-0.25, -0.2) is 8.78 Å². The van der Waals surface area contributed by atoms with E-state index in [-0.39, 0.29) is 12.3 Å². The van der Waals surface area contributed by atoms with Crippen LogP contribution in [-0.2, 0) is 6.42 Å². The van der Waals surface area contributed by atoms with E-state index >= 15 is 0 Å². The van der Waals surface area contributed by atoms with Gasteiger partial charge < -0.3 is 9.51 Å². The lowest BCUT2D eigenvalue weighted by Gasteiger charge is -1.97. The van der Waals surface area contributed by atoms with Gasteiger partial charge in [-0.2, -0.15) is 10.2 Å². The van der Waals surface area contributed by atoms with Crippen molar-refractivity contribution in [3.63, 3.8) is 0 Å². The number of halogens is 2. The van der Waals surface area contributed by atoms with Crippen molar-refractivity contribution in [1.29, 1.82) is 5.26 Å². The Hall–Kier alpha value is -3.01. The molecule has 1 aromatic carbocycles. The number of aromatic amines is 1. The van der Waals surface area contributed by atoms with Crippen LogP contribution in [0.4, 0.5) is 8.78 Å². The predicted octanol–water partition coefficient (Wildman–Crippen LogP) is 2.81. The smallest absolute Gasteiger partial charge is 0.274 e. The summed E-state index contributed by atoms with van der Waals surface area (Å²) < 4.78 is 31.3. The molecule has 0 aliphatic heterocycles. The number of nitriles is 1. The molecule has 0 amide bonds. The van der Waals surface area contributed by atoms with Crippen molar-refractivity contribution in [3.05, 3.63) is 59.0 Å². The quantitative estimate of drug-likeness (QED) is 0.803. The standard InChI is InChI=1S/C14H8F2N4O/c15-10-1-8(2-11(16)5-10)4-13-19-14(21-20-13)12-3-9(6-17)7-18-12/h1-3,5,7,18H,4H2. The summed E-state index contributed by atoms with van der Waals surface area (Å²) in [6, 6.07) is 6.76. The average molecular weight is 286 g/mol. The largest absolute Gasteiger partial charge is 0.356 e. The summed E-state index contributed by atoms with van der Waals surface area (Å²) in [4.78, 5) is 6.95. The maximum absolute atomic E-state index is 13.1. The van der Waals surface area contributed by atoms with Crippen LogP contribution < -0.4 is 0 Å². The highest BCUT2D eigenvalue weighted by molar-refractivity contribution is 5.51. The lowest BCUT2D eigenvalue weighted by molar-refractivity contribution is 0.423. The number of H-pyrrole nitrogens is 1. The van der Waals surface area contributed by atoms with Gasteiger partial charge in [-0.05, 0) is 23.8 Å². The van der Waals surface area contributed by atoms with Gasteiger partial charge in [-0.1, -0.05) is 5.16 Å². The summed E-state index contributed by atoms with van der Waals surface area (Å²) in [5, 5.41) is 12.5. The molecule has 3 rings (SSSR count). The molecular weight excluding hydrogens is 278 g/mol. The summed E-state index contributed by atoms with van der Waals surface area (Å²) >= 11 is 0. The fourth-order valence-corrected chi connectivity index (χ4v) is 1.91. The first kappa shape index (κ1) is 13.0. The molecule has 0 spiro atoms. The topological polar surface area (TPSA) is 78.5 Å². The number of hydrogen-bond donors (Lipinski definition) is 1. The lowest BCUT2D eigenvalue weighted by atomic mass is 10.1. The van der Waals surface area contributed by atoms with Gasteiger partial charge in [-0.3, -0.25) is 0 Å². The van der Waals surface area contributed by atoms with Gasteiger partial charge in [0.2, 0.25) is 0 Å². The number of rotatable bonds is 3. The summed E-state index contributed by atoms with van der Waals surface area (Å²) in [7, 11) is 0. The first-order valence-corrected chi connectivity index (χ1v) is 6.00. The van der Waals surface area contributed by atoms with E-state index in [1.54, 1.807) is 6.07 Å². The van der Waals surface area contributed by atoms with Crippen LogP contribution in [0.5, 0.6) is 0 Å². The van der Waals surface area contributed by atoms with Crippen LogP contribution in [0.15, 0.2) is 35.0 Å². The number of nitrogens with zero attached hydrogens (tertiary/aromatic N) is 3. The molecular formula is C14H8F2N4O. The third-order valence-electron chi connectivity index (χ3n) is 2.80. The van der Waals surface area contributed by atoms with Crippen LogP contribution in [0.1, 0.15) is 17.0 Å². The van der Waals surface area contributed by atoms with Crippen molar-refractivity contribution >= 4 is 0 Å². The maximum atomic E-state index is 13.1. The first-order chi connectivity index (χ1) is 10.1. The zero-order valence-corrected chi connectivity index (χ0v) is 10.6. The molecule has 7 heteroatoms. The van der Waals surface area contributed by atoms with Crippen molar-refractivity contribution in [2.75, 3.05) is 0 Å². The predicted molar refractivity (Wildman–Crippen MR) is 68.0 cm³/mol. The molecule has 0 aliphatic carbocycles. The second-order valence-electron chi connectivity index (χ2n) is 4.38. The summed E-state index contributed by atoms with van der Waals surface area (Å²) in [5.41, 5.74) is 1.36. The molecule has 0 aliphatic rings. The van der Waals surface area contributed by atoms with Crippen LogP contribution in [-0.4, -0.2) is 15.1 Å². The van der Waals surface area contributed by atoms with Gasteiger partial charge in [-0.15, -0.1) is 0 Å². The second kappa shape index (κ2) is 5.17. The van der Waals surface area contributed by atoms with Crippen LogP contribution in [0, 0.1) is 23.0 Å². The molecule has 2 aromatic heterocycles. The molecule has 0 fully saturated rings. The van der Waals surface area contributed by atoms with E-state index < -0.39 is 11.6 Å². The SMILES string of the molecule is N#Cc1c[nH]c(-c2nc(Cc3cc(F)cc(F)c3)no2)c1. The summed E-state index contributed by atoms with van der Waals surface area (Å²) in [6.45, 7) is 0. The fraction of sp³-hybridized carbons (Fsp3) is 0.0714. The van der Waals surface area contributed by atoms with Crippen LogP contribution in [0.3, 0.4) is 0 Å². The molecule has 3 aromatic rings. The van der Waals surface area contributed by atoms with Gasteiger partial charge in [0.25, 0.3) is 5.89 Å². The molecule has 5 nitrogen and oxygen atoms in total. The molecule has 2 heterocycles. The van der Waals surface area contributed by atoms with Crippen molar-refractivity contribution in [3.8, 4) is 17.7 Å². The molecule has 0 saturated heterocycles. The molecule has 0 radical (unpaired) electrons. The minimum atomic E-state index is -0.656. The Kier molecular flexibility index (Phi) is 3.20. The van der Waals surface area contributed by atoms with E-state index in [1.807, 2.05) is 6.07 Å². The highest BCUT2D eigenvalue weighted by Gasteiger charge is 2.12. The third-order valence-corrected chi connectivity index (χ3v) is 2.80. The van der Waals surface area contributed by atoms with E-state index in [9.17, 15) is 8.78 Å². The Morgan fingerprint density at radius 2 is 1.95 bits per heavy atom. The van der Waals surface area contributed by atoms with Crippen molar-refractivity contribution in [1.82, 2.24) is 15.1 Å². The van der Waals surface area contributed by atoms with Gasteiger partial charge >= 0.3 is 0 Å². The van der Waals surface area contributed by atoms with Gasteiger partial charge in [0.15, 0.2) is 5.82 Å². The zero-order chi connectivity index (χ0) is 14.8. The Morgan fingerprint density at radius 1 is 1.19 bits per heavy atom. The monoisotopic (exact) mass is 286 g/mol. The van der Waals surface area contributed by atoms with Crippen LogP contribution in [0.2, 0.25) is 0 Å². The summed E-state index contributed by atoms with van der Waals surface area (Å²) in [6.07, 6.45) is 1.66. The number of benzene rings is 1. The second-order valence-corrected chi connectivity index (χ2v) is 4.38. The van der Waals surface area contributed by atoms with E-state index in [2.05, 4.69) is 15.1 Å². The van der Waals surface area contributed by atoms with E-state index in [0.717, 1.165) is 6.07 Å². The number of nitrogens with one attached hydrogen (secondary N) is 1. The molecule has 0 bridgehead atoms. The minimum absolute atomic E-state index is 0.143. The Morgan fingerprint density at radius 3 is 2.62 bits per heavy atom. The molecule has 0 unspecified atom stereocenters. The first-order valence-electron chi connectivity index (χ1n) is 6.00. The Labute approximate surface area is 117 Å². The van der Waals surface area contributed by atoms with Crippen molar-refractivity contribution < 1.29 is 13.3 Å². The molecule has 21 heavy (non-hydrogen) atoms. The van der Waals surface area contributed by atoms with Gasteiger partial charge in [0.05, 0.1) is 5.56 Å². The maximum Gasteiger partial charge on any atom is 0.274 e. The van der Waals surface area contributed by atoms with E-state index in [4.69, 9.17) is 9.78 Å². The highest BCUT2D eigenvalue weighted by atomic mass is 19.1. The van der Waals surface area contributed by atoms with Gasteiger partial charge in [0, 0.05) is 18.7 Å². The van der Waals surface area contributed by atoms with E-state index in [0.29, 0.717) is 22.6 Å². The van der Waals surface area contributed by atoms with Gasteiger partial charge in [0.1, 0.15) is 23.4 Å². The van der Waals surface area contributed by atoms with Crippen LogP contribution in [0.25, 0.3) is 11.6 Å². The molecule has 0 saturated carbocycles. The minimum Gasteiger partial charge on any atom is -0.356 e. The Balaban J connectivity index is 1.83. The zero-order valence-electron chi connectivity index (χ0n) is 10.6. The van der Waals surface area contributed by atoms with Crippen LogP contribution >= 0.6 is 0 Å². The fourth-order valence-electron chi connectivity index (χ4n) is 1.91. The normalized spacial score (nSPS) is 10.5. The number of aromatic nitrogens is 3. The summed E-state index contributed by atoms with van der Waals surface area (Å²) in [5.74, 6) is -0.806. The highest BCUT2D eigenvalue weighted by Crippen LogP contribution is 2.18. The number of hydrogen-bond acceptors (Lipinski definition) is 4. The van der Waals surface area contributed by atoms with Crippen molar-refractivity contribution in [2.45, 2.75) is 6.42 Å². The van der Waals surface area contributed by atoms with E-state index in [1.165, 1.54) is 18.3 Å². The van der Waals surface area contributed by atoms with Crippen molar-refractivity contribution in [2.24, 2.45) is 0 Å². The lowest BCUT2D eigenvalue weighted by Crippen LogP contribution is -1.93. The third kappa shape index (κ3) is 2.79. The molecule has 0 atom stereocenters. The average Bonchev–Trinajstić information content (AvgIpc) is 3.05. The molecule has 1 N–H and O–H groups in total.